The van der Waals surface area contributed by atoms with Crippen LogP contribution in [0.25, 0.3) is 0 Å². The molecule has 2 aromatic rings. The maximum atomic E-state index is 3.36. The molecule has 0 amide bonds. The molecule has 2 aromatic carbocycles. The lowest BCUT2D eigenvalue weighted by molar-refractivity contribution is 0.487. The van der Waals surface area contributed by atoms with Gasteiger partial charge < -0.3 is 4.90 Å². The van der Waals surface area contributed by atoms with Gasteiger partial charge in [0.25, 0.3) is 0 Å². The van der Waals surface area contributed by atoms with Gasteiger partial charge in [-0.3, -0.25) is 0 Å². The summed E-state index contributed by atoms with van der Waals surface area (Å²) in [6.45, 7) is 25.3. The highest BCUT2D eigenvalue weighted by atomic mass is 15.1. The van der Waals surface area contributed by atoms with Crippen LogP contribution in [0.1, 0.15) is 61.4 Å². The molecule has 0 spiro atoms. The van der Waals surface area contributed by atoms with E-state index in [0.29, 0.717) is 11.8 Å². The quantitative estimate of drug-likeness (QED) is 0.447. The van der Waals surface area contributed by atoms with Crippen molar-refractivity contribution in [1.82, 2.24) is 0 Å². The normalized spacial score (nSPS) is 11.8. The third kappa shape index (κ3) is 8.31. The van der Waals surface area contributed by atoms with E-state index in [1.165, 1.54) is 33.5 Å². The van der Waals surface area contributed by atoms with E-state index >= 15 is 0 Å². The highest BCUT2D eigenvalue weighted by molar-refractivity contribution is 5.55. The van der Waals surface area contributed by atoms with Crippen molar-refractivity contribution < 1.29 is 0 Å². The fraction of sp³-hybridized carbons (Fsp3) is 0.429. The second kappa shape index (κ2) is 13.8. The summed E-state index contributed by atoms with van der Waals surface area (Å²) < 4.78 is 0. The van der Waals surface area contributed by atoms with Crippen molar-refractivity contribution in [3.63, 3.8) is 0 Å². The molecule has 0 heterocycles. The Morgan fingerprint density at radius 1 is 0.897 bits per heavy atom. The minimum absolute atomic E-state index is 0.558. The van der Waals surface area contributed by atoms with Gasteiger partial charge in [-0.2, -0.15) is 0 Å². The molecule has 1 nitrogen and oxygen atoms in total. The van der Waals surface area contributed by atoms with Crippen LogP contribution in [0.3, 0.4) is 0 Å². The smallest absolute Gasteiger partial charge is 0.0396 e. The summed E-state index contributed by atoms with van der Waals surface area (Å²) >= 11 is 0. The van der Waals surface area contributed by atoms with E-state index in [0.717, 1.165) is 6.54 Å². The maximum Gasteiger partial charge on any atom is 0.0396 e. The molecule has 0 bridgehead atoms. The molecule has 2 rings (SSSR count). The van der Waals surface area contributed by atoms with E-state index in [2.05, 4.69) is 103 Å². The molecule has 0 N–H and O–H groups in total. The van der Waals surface area contributed by atoms with Crippen molar-refractivity contribution in [2.24, 2.45) is 5.92 Å². The monoisotopic (exact) mass is 393 g/mol. The average molecular weight is 394 g/mol. The first kappa shape index (κ1) is 26.7. The van der Waals surface area contributed by atoms with E-state index in [4.69, 9.17) is 0 Å². The molecule has 0 radical (unpaired) electrons. The molecule has 0 aromatic heterocycles. The molecule has 1 heteroatoms. The van der Waals surface area contributed by atoms with Crippen molar-refractivity contribution in [3.05, 3.63) is 89.5 Å². The van der Waals surface area contributed by atoms with Crippen LogP contribution in [0.5, 0.6) is 0 Å². The van der Waals surface area contributed by atoms with Crippen molar-refractivity contribution >= 4 is 5.69 Å². The maximum absolute atomic E-state index is 3.36. The second-order valence-corrected chi connectivity index (χ2v) is 7.70. The Balaban J connectivity index is 0.00000116. The fourth-order valence-corrected chi connectivity index (χ4v) is 3.48. The zero-order chi connectivity index (χ0) is 22.6. The highest BCUT2D eigenvalue weighted by Crippen LogP contribution is 2.30. The van der Waals surface area contributed by atoms with Crippen molar-refractivity contribution in [3.8, 4) is 0 Å². The van der Waals surface area contributed by atoms with E-state index in [-0.39, 0.29) is 0 Å². The first-order valence-electron chi connectivity index (χ1n) is 10.8. The molecule has 0 aliphatic carbocycles. The zero-order valence-corrected chi connectivity index (χ0v) is 20.3. The van der Waals surface area contributed by atoms with Crippen LogP contribution in [0, 0.1) is 33.6 Å². The molecule has 0 aliphatic heterocycles. The van der Waals surface area contributed by atoms with Gasteiger partial charge in [0.2, 0.25) is 0 Å². The van der Waals surface area contributed by atoms with Gasteiger partial charge in [0.15, 0.2) is 0 Å². The number of anilines is 1. The van der Waals surface area contributed by atoms with Gasteiger partial charge in [-0.05, 0) is 67.9 Å². The molecular weight excluding hydrogens is 350 g/mol. The molecular formula is C28H43N. The zero-order valence-electron chi connectivity index (χ0n) is 20.3. The molecule has 2 atom stereocenters. The Labute approximate surface area is 181 Å². The van der Waals surface area contributed by atoms with Crippen LogP contribution in [-0.2, 0) is 0 Å². The van der Waals surface area contributed by atoms with Gasteiger partial charge in [-0.1, -0.05) is 88.9 Å². The van der Waals surface area contributed by atoms with E-state index in [1.54, 1.807) is 12.2 Å². The number of aryl methyl sites for hydroxylation is 3. The van der Waals surface area contributed by atoms with Crippen LogP contribution in [-0.4, -0.2) is 13.6 Å². The predicted octanol–water partition coefficient (Wildman–Crippen LogP) is 8.18. The van der Waals surface area contributed by atoms with Gasteiger partial charge in [0.1, 0.15) is 0 Å². The average Bonchev–Trinajstić information content (AvgIpc) is 2.71. The summed E-state index contributed by atoms with van der Waals surface area (Å²) in [4.78, 5) is 2.41. The number of hydrogen-bond donors (Lipinski definition) is 0. The van der Waals surface area contributed by atoms with Gasteiger partial charge in [0.05, 0.1) is 0 Å². The standard InChI is InChI=1S/C22H31N.C4H6.C2H6/c1-15-11-12-21(17(3)13-15)19(5)18(4)14-23(7)22-10-8-9-16(2)20(22)6;1-3-4-2;1-2/h8-13,18-19H,14H2,1-7H3;3-4H,1-2H2;1-2H3. The van der Waals surface area contributed by atoms with Crippen LogP contribution >= 0.6 is 0 Å². The lowest BCUT2D eigenvalue weighted by atomic mass is 9.85. The third-order valence-electron chi connectivity index (χ3n) is 5.49. The van der Waals surface area contributed by atoms with Crippen LogP contribution < -0.4 is 4.90 Å². The van der Waals surface area contributed by atoms with Crippen LogP contribution in [0.15, 0.2) is 61.7 Å². The largest absolute Gasteiger partial charge is 0.374 e. The molecule has 0 fully saturated rings. The topological polar surface area (TPSA) is 3.24 Å². The highest BCUT2D eigenvalue weighted by Gasteiger charge is 2.19. The summed E-state index contributed by atoms with van der Waals surface area (Å²) in [5.74, 6) is 1.16. The fourth-order valence-electron chi connectivity index (χ4n) is 3.48. The first-order chi connectivity index (χ1) is 13.7. The summed E-state index contributed by atoms with van der Waals surface area (Å²) in [6, 6.07) is 13.4. The molecule has 29 heavy (non-hydrogen) atoms. The lowest BCUT2D eigenvalue weighted by Crippen LogP contribution is -2.27. The Kier molecular flexibility index (Phi) is 12.7. The summed E-state index contributed by atoms with van der Waals surface area (Å²) in [7, 11) is 2.22. The Hall–Kier alpha value is -2.28. The van der Waals surface area contributed by atoms with E-state index in [9.17, 15) is 0 Å². The van der Waals surface area contributed by atoms with Crippen LogP contribution in [0.4, 0.5) is 5.69 Å². The summed E-state index contributed by atoms with van der Waals surface area (Å²) in [5.41, 5.74) is 8.35. The molecule has 0 saturated heterocycles. The van der Waals surface area contributed by atoms with Gasteiger partial charge >= 0.3 is 0 Å². The number of nitrogens with zero attached hydrogens (tertiary/aromatic N) is 1. The lowest BCUT2D eigenvalue weighted by Gasteiger charge is -2.29. The summed E-state index contributed by atoms with van der Waals surface area (Å²) in [5, 5.41) is 0. The second-order valence-electron chi connectivity index (χ2n) is 7.70. The SMILES string of the molecule is C=CC=C.CC.Cc1ccc(C(C)C(C)CN(C)c2cccc(C)c2C)c(C)c1. The Bertz CT molecular complexity index is 751. The number of allylic oxidation sites excluding steroid dienone is 2. The van der Waals surface area contributed by atoms with Gasteiger partial charge in [-0.15, -0.1) is 0 Å². The minimum Gasteiger partial charge on any atom is -0.374 e. The first-order valence-corrected chi connectivity index (χ1v) is 10.8. The van der Waals surface area contributed by atoms with Gasteiger partial charge in [-0.25, -0.2) is 0 Å². The predicted molar refractivity (Wildman–Crippen MR) is 134 cm³/mol. The summed E-state index contributed by atoms with van der Waals surface area (Å²) in [6.07, 6.45) is 3.28. The van der Waals surface area contributed by atoms with Crippen molar-refractivity contribution in [2.45, 2.75) is 61.3 Å². The van der Waals surface area contributed by atoms with Crippen LogP contribution in [0.2, 0.25) is 0 Å². The van der Waals surface area contributed by atoms with Gasteiger partial charge in [0, 0.05) is 19.3 Å². The number of hydrogen-bond acceptors (Lipinski definition) is 1. The third-order valence-corrected chi connectivity index (χ3v) is 5.49. The Morgan fingerprint density at radius 2 is 1.48 bits per heavy atom. The molecule has 0 saturated carbocycles. The minimum atomic E-state index is 0.558. The number of benzene rings is 2. The number of rotatable bonds is 6. The van der Waals surface area contributed by atoms with E-state index in [1.807, 2.05) is 13.8 Å². The molecule has 0 aliphatic rings. The molecule has 160 valence electrons. The molecule has 2 unspecified atom stereocenters. The van der Waals surface area contributed by atoms with E-state index < -0.39 is 0 Å². The van der Waals surface area contributed by atoms with Crippen molar-refractivity contribution in [2.75, 3.05) is 18.5 Å². The Morgan fingerprint density at radius 3 is 2.00 bits per heavy atom. The van der Waals surface area contributed by atoms with Crippen molar-refractivity contribution in [1.29, 1.82) is 0 Å².